The minimum Gasteiger partial charge on any atom is -0.448 e. The van der Waals surface area contributed by atoms with Gasteiger partial charge in [-0.15, -0.1) is 0 Å². The van der Waals surface area contributed by atoms with E-state index in [0.717, 1.165) is 45.5 Å². The van der Waals surface area contributed by atoms with Crippen LogP contribution in [0.3, 0.4) is 0 Å². The molecule has 3 aliphatic heterocycles. The summed E-state index contributed by atoms with van der Waals surface area (Å²) in [5.74, 6) is 0. The van der Waals surface area contributed by atoms with Crippen molar-refractivity contribution in [1.82, 2.24) is 9.80 Å². The third-order valence-electron chi connectivity index (χ3n) is 5.71. The van der Waals surface area contributed by atoms with Crippen LogP contribution in [-0.2, 0) is 9.47 Å². The van der Waals surface area contributed by atoms with E-state index in [1.165, 1.54) is 32.1 Å². The molecule has 5 heteroatoms. The number of carbonyl (C=O) groups is 1. The zero-order chi connectivity index (χ0) is 15.4. The maximum absolute atomic E-state index is 12.3. The van der Waals surface area contributed by atoms with Crippen molar-refractivity contribution in [1.29, 1.82) is 0 Å². The van der Waals surface area contributed by atoms with Crippen molar-refractivity contribution in [3.8, 4) is 0 Å². The van der Waals surface area contributed by atoms with Crippen molar-refractivity contribution >= 4 is 6.09 Å². The summed E-state index contributed by atoms with van der Waals surface area (Å²) in [5, 5.41) is 0. The average Bonchev–Trinajstić information content (AvgIpc) is 2.92. The number of fused-ring (bicyclic) bond motifs is 1. The minimum atomic E-state index is -0.106. The van der Waals surface area contributed by atoms with Gasteiger partial charge in [-0.1, -0.05) is 12.8 Å². The Labute approximate surface area is 133 Å². The van der Waals surface area contributed by atoms with E-state index in [4.69, 9.17) is 9.47 Å². The smallest absolute Gasteiger partial charge is 0.409 e. The SMILES string of the molecule is COC[C@@]12CCCN1[C@H](COC(=O)N1CCCCCC1)CC2. The summed E-state index contributed by atoms with van der Waals surface area (Å²) in [6.45, 7) is 4.20. The Morgan fingerprint density at radius 2 is 1.86 bits per heavy atom. The maximum Gasteiger partial charge on any atom is 0.409 e. The first-order valence-electron chi connectivity index (χ1n) is 8.93. The first kappa shape index (κ1) is 16.1. The maximum atomic E-state index is 12.3. The summed E-state index contributed by atoms with van der Waals surface area (Å²) < 4.78 is 11.1. The number of rotatable bonds is 4. The molecule has 2 atom stereocenters. The second-order valence-corrected chi connectivity index (χ2v) is 7.12. The molecule has 3 heterocycles. The lowest BCUT2D eigenvalue weighted by Gasteiger charge is -2.34. The van der Waals surface area contributed by atoms with Gasteiger partial charge in [-0.2, -0.15) is 0 Å². The highest BCUT2D eigenvalue weighted by Crippen LogP contribution is 2.42. The molecule has 0 aromatic carbocycles. The van der Waals surface area contributed by atoms with Crippen molar-refractivity contribution in [2.75, 3.05) is 40.0 Å². The monoisotopic (exact) mass is 310 g/mol. The molecule has 0 unspecified atom stereocenters. The van der Waals surface area contributed by atoms with Crippen molar-refractivity contribution in [2.45, 2.75) is 62.9 Å². The highest BCUT2D eigenvalue weighted by Gasteiger charge is 2.49. The zero-order valence-electron chi connectivity index (χ0n) is 13.9. The summed E-state index contributed by atoms with van der Waals surface area (Å²) in [7, 11) is 1.79. The highest BCUT2D eigenvalue weighted by atomic mass is 16.6. The van der Waals surface area contributed by atoms with Gasteiger partial charge in [-0.25, -0.2) is 4.79 Å². The first-order chi connectivity index (χ1) is 10.7. The molecule has 0 aliphatic carbocycles. The molecule has 3 rings (SSSR count). The van der Waals surface area contributed by atoms with Crippen molar-refractivity contribution in [3.63, 3.8) is 0 Å². The van der Waals surface area contributed by atoms with Gasteiger partial charge in [0.05, 0.1) is 6.61 Å². The number of hydrogen-bond acceptors (Lipinski definition) is 4. The van der Waals surface area contributed by atoms with E-state index >= 15 is 0 Å². The fraction of sp³-hybridized carbons (Fsp3) is 0.941. The third kappa shape index (κ3) is 3.25. The van der Waals surface area contributed by atoms with Gasteiger partial charge >= 0.3 is 6.09 Å². The quantitative estimate of drug-likeness (QED) is 0.800. The molecule has 22 heavy (non-hydrogen) atoms. The molecule has 3 fully saturated rings. The number of nitrogens with zero attached hydrogens (tertiary/aromatic N) is 2. The van der Waals surface area contributed by atoms with E-state index in [-0.39, 0.29) is 11.6 Å². The van der Waals surface area contributed by atoms with Crippen molar-refractivity contribution in [2.24, 2.45) is 0 Å². The Kier molecular flexibility index (Phi) is 5.24. The molecule has 0 aromatic rings. The molecule has 0 radical (unpaired) electrons. The fourth-order valence-electron chi connectivity index (χ4n) is 4.57. The number of methoxy groups -OCH3 is 1. The van der Waals surface area contributed by atoms with Gasteiger partial charge in [-0.3, -0.25) is 4.90 Å². The van der Waals surface area contributed by atoms with Gasteiger partial charge in [-0.05, 0) is 45.1 Å². The predicted molar refractivity (Wildman–Crippen MR) is 85.0 cm³/mol. The van der Waals surface area contributed by atoms with Crippen LogP contribution in [0.15, 0.2) is 0 Å². The molecule has 126 valence electrons. The number of hydrogen-bond donors (Lipinski definition) is 0. The lowest BCUT2D eigenvalue weighted by molar-refractivity contribution is 0.0272. The first-order valence-corrected chi connectivity index (χ1v) is 8.93. The van der Waals surface area contributed by atoms with E-state index in [2.05, 4.69) is 4.90 Å². The van der Waals surface area contributed by atoms with Gasteiger partial charge in [0.15, 0.2) is 0 Å². The topological polar surface area (TPSA) is 42.0 Å². The summed E-state index contributed by atoms with van der Waals surface area (Å²) in [6.07, 6.45) is 9.34. The largest absolute Gasteiger partial charge is 0.448 e. The number of ether oxygens (including phenoxy) is 2. The average molecular weight is 310 g/mol. The zero-order valence-corrected chi connectivity index (χ0v) is 13.9. The number of amides is 1. The highest BCUT2D eigenvalue weighted by molar-refractivity contribution is 5.67. The molecule has 1 amide bonds. The molecule has 5 nitrogen and oxygen atoms in total. The summed E-state index contributed by atoms with van der Waals surface area (Å²) in [6, 6.07) is 0.383. The van der Waals surface area contributed by atoms with Crippen LogP contribution >= 0.6 is 0 Å². The van der Waals surface area contributed by atoms with E-state index in [1.807, 2.05) is 4.90 Å². The Morgan fingerprint density at radius 3 is 2.59 bits per heavy atom. The molecular formula is C17H30N2O3. The minimum absolute atomic E-state index is 0.106. The predicted octanol–water partition coefficient (Wildman–Crippen LogP) is 2.64. The summed E-state index contributed by atoms with van der Waals surface area (Å²) in [5.41, 5.74) is 0.217. The van der Waals surface area contributed by atoms with E-state index in [0.29, 0.717) is 12.6 Å². The van der Waals surface area contributed by atoms with Crippen LogP contribution in [0, 0.1) is 0 Å². The van der Waals surface area contributed by atoms with Crippen LogP contribution in [0.1, 0.15) is 51.4 Å². The summed E-state index contributed by atoms with van der Waals surface area (Å²) >= 11 is 0. The molecule has 0 bridgehead atoms. The van der Waals surface area contributed by atoms with Crippen LogP contribution in [0.4, 0.5) is 4.79 Å². The fourth-order valence-corrected chi connectivity index (χ4v) is 4.57. The van der Waals surface area contributed by atoms with Crippen LogP contribution in [-0.4, -0.2) is 67.4 Å². The second kappa shape index (κ2) is 7.18. The van der Waals surface area contributed by atoms with Crippen molar-refractivity contribution < 1.29 is 14.3 Å². The van der Waals surface area contributed by atoms with Crippen LogP contribution in [0.5, 0.6) is 0 Å². The van der Waals surface area contributed by atoms with Gasteiger partial charge < -0.3 is 14.4 Å². The molecule has 0 aromatic heterocycles. The number of carbonyl (C=O) groups excluding carboxylic acids is 1. The Hall–Kier alpha value is -0.810. The van der Waals surface area contributed by atoms with Gasteiger partial charge in [0.25, 0.3) is 0 Å². The Balaban J connectivity index is 1.50. The van der Waals surface area contributed by atoms with Gasteiger partial charge in [0.1, 0.15) is 6.61 Å². The van der Waals surface area contributed by atoms with E-state index in [1.54, 1.807) is 7.11 Å². The van der Waals surface area contributed by atoms with Crippen LogP contribution in [0.25, 0.3) is 0 Å². The normalized spacial score (nSPS) is 32.8. The standard InChI is InChI=1S/C17H30N2O3/c1-21-14-17-8-6-12-19(17)15(7-9-17)13-22-16(20)18-10-4-2-3-5-11-18/h15H,2-14H2,1H3/t15-,17-/m0/s1. The molecule has 0 spiro atoms. The summed E-state index contributed by atoms with van der Waals surface area (Å²) in [4.78, 5) is 16.7. The molecule has 0 N–H and O–H groups in total. The molecule has 0 saturated carbocycles. The molecule has 3 aliphatic rings. The lowest BCUT2D eigenvalue weighted by atomic mass is 9.95. The number of likely N-dealkylation sites (tertiary alicyclic amines) is 1. The molecular weight excluding hydrogens is 280 g/mol. The van der Waals surface area contributed by atoms with Crippen LogP contribution in [0.2, 0.25) is 0 Å². The van der Waals surface area contributed by atoms with Gasteiger partial charge in [0.2, 0.25) is 0 Å². The lowest BCUT2D eigenvalue weighted by Crippen LogP contribution is -2.47. The third-order valence-corrected chi connectivity index (χ3v) is 5.71. The Morgan fingerprint density at radius 1 is 1.09 bits per heavy atom. The second-order valence-electron chi connectivity index (χ2n) is 7.12. The molecule has 3 saturated heterocycles. The van der Waals surface area contributed by atoms with E-state index < -0.39 is 0 Å². The van der Waals surface area contributed by atoms with Crippen LogP contribution < -0.4 is 0 Å². The Bertz CT molecular complexity index is 382. The van der Waals surface area contributed by atoms with Crippen molar-refractivity contribution in [3.05, 3.63) is 0 Å². The van der Waals surface area contributed by atoms with E-state index in [9.17, 15) is 4.79 Å². The van der Waals surface area contributed by atoms with Gasteiger partial charge in [0, 0.05) is 31.8 Å².